The molecule has 1 aromatic rings. The highest BCUT2D eigenvalue weighted by Crippen LogP contribution is 2.24. The molecule has 1 saturated heterocycles. The van der Waals surface area contributed by atoms with Gasteiger partial charge in [0.05, 0.1) is 31.6 Å². The van der Waals surface area contributed by atoms with Crippen LogP contribution < -0.4 is 4.90 Å². The molecule has 0 bridgehead atoms. The van der Waals surface area contributed by atoms with Gasteiger partial charge in [0.15, 0.2) is 0 Å². The zero-order valence-corrected chi connectivity index (χ0v) is 10.9. The second-order valence-corrected chi connectivity index (χ2v) is 4.30. The van der Waals surface area contributed by atoms with Crippen LogP contribution in [0.25, 0.3) is 0 Å². The van der Waals surface area contributed by atoms with Crippen LogP contribution in [0.4, 0.5) is 5.69 Å². The van der Waals surface area contributed by atoms with E-state index in [0.29, 0.717) is 18.8 Å². The summed E-state index contributed by atoms with van der Waals surface area (Å²) in [7, 11) is 1.42. The molecule has 0 spiro atoms. The predicted octanol–water partition coefficient (Wildman–Crippen LogP) is 1.87. The Kier molecular flexibility index (Phi) is 4.20. The number of methoxy groups -OCH3 is 1. The van der Waals surface area contributed by atoms with Crippen LogP contribution in [-0.2, 0) is 15.9 Å². The van der Waals surface area contributed by atoms with Crippen LogP contribution in [0.2, 0.25) is 0 Å². The maximum Gasteiger partial charge on any atom is 0.339 e. The summed E-state index contributed by atoms with van der Waals surface area (Å²) >= 11 is 0. The van der Waals surface area contributed by atoms with Crippen LogP contribution in [0.15, 0.2) is 18.2 Å². The van der Waals surface area contributed by atoms with E-state index in [4.69, 9.17) is 9.47 Å². The lowest BCUT2D eigenvalue weighted by Crippen LogP contribution is -2.37. The molecular weight excluding hydrogens is 230 g/mol. The summed E-state index contributed by atoms with van der Waals surface area (Å²) in [6, 6.07) is 6.00. The summed E-state index contributed by atoms with van der Waals surface area (Å²) in [4.78, 5) is 14.0. The zero-order chi connectivity index (χ0) is 13.0. The SMILES string of the molecule is CCc1ccc(N2CCOCC2)c(C(=O)OC)c1. The first-order chi connectivity index (χ1) is 8.76. The Labute approximate surface area is 107 Å². The van der Waals surface area contributed by atoms with E-state index in [1.807, 2.05) is 12.1 Å². The average molecular weight is 249 g/mol. The second-order valence-electron chi connectivity index (χ2n) is 4.30. The highest BCUT2D eigenvalue weighted by molar-refractivity contribution is 5.96. The Morgan fingerprint density at radius 1 is 1.39 bits per heavy atom. The van der Waals surface area contributed by atoms with Gasteiger partial charge in [0, 0.05) is 13.1 Å². The van der Waals surface area contributed by atoms with E-state index in [-0.39, 0.29) is 5.97 Å². The number of rotatable bonds is 3. The monoisotopic (exact) mass is 249 g/mol. The number of esters is 1. The largest absolute Gasteiger partial charge is 0.465 e. The minimum absolute atomic E-state index is 0.271. The Hall–Kier alpha value is -1.55. The number of aryl methyl sites for hydroxylation is 1. The summed E-state index contributed by atoms with van der Waals surface area (Å²) in [6.07, 6.45) is 0.910. The third-order valence-electron chi connectivity index (χ3n) is 3.23. The van der Waals surface area contributed by atoms with Crippen LogP contribution in [0, 0.1) is 0 Å². The topological polar surface area (TPSA) is 38.8 Å². The fourth-order valence-electron chi connectivity index (χ4n) is 2.16. The normalized spacial score (nSPS) is 15.6. The van der Waals surface area contributed by atoms with E-state index in [9.17, 15) is 4.79 Å². The van der Waals surface area contributed by atoms with Crippen LogP contribution in [0.5, 0.6) is 0 Å². The maximum absolute atomic E-state index is 11.9. The summed E-state index contributed by atoms with van der Waals surface area (Å²) in [5.74, 6) is -0.271. The average Bonchev–Trinajstić information content (AvgIpc) is 2.46. The molecule has 0 saturated carbocycles. The van der Waals surface area contributed by atoms with Gasteiger partial charge in [-0.3, -0.25) is 0 Å². The van der Waals surface area contributed by atoms with Crippen molar-refractivity contribution in [2.75, 3.05) is 38.3 Å². The molecule has 2 rings (SSSR count). The van der Waals surface area contributed by atoms with Crippen molar-refractivity contribution in [1.82, 2.24) is 0 Å². The van der Waals surface area contributed by atoms with E-state index < -0.39 is 0 Å². The minimum Gasteiger partial charge on any atom is -0.465 e. The summed E-state index contributed by atoms with van der Waals surface area (Å²) in [5.41, 5.74) is 2.74. The summed E-state index contributed by atoms with van der Waals surface area (Å²) in [5, 5.41) is 0. The number of carbonyl (C=O) groups is 1. The van der Waals surface area contributed by atoms with Gasteiger partial charge in [-0.1, -0.05) is 13.0 Å². The lowest BCUT2D eigenvalue weighted by molar-refractivity contribution is 0.0600. The lowest BCUT2D eigenvalue weighted by atomic mass is 10.1. The van der Waals surface area contributed by atoms with Gasteiger partial charge < -0.3 is 14.4 Å². The van der Waals surface area contributed by atoms with Crippen molar-refractivity contribution in [3.63, 3.8) is 0 Å². The molecule has 1 aliphatic heterocycles. The fraction of sp³-hybridized carbons (Fsp3) is 0.500. The number of anilines is 1. The van der Waals surface area contributed by atoms with E-state index >= 15 is 0 Å². The van der Waals surface area contributed by atoms with Crippen molar-refractivity contribution < 1.29 is 14.3 Å². The summed E-state index contributed by atoms with van der Waals surface area (Å²) in [6.45, 7) is 5.11. The molecule has 0 aliphatic carbocycles. The van der Waals surface area contributed by atoms with Crippen molar-refractivity contribution in [2.24, 2.45) is 0 Å². The molecule has 0 radical (unpaired) electrons. The molecule has 0 unspecified atom stereocenters. The van der Waals surface area contributed by atoms with Gasteiger partial charge in [0.25, 0.3) is 0 Å². The number of hydrogen-bond donors (Lipinski definition) is 0. The Balaban J connectivity index is 2.35. The first-order valence-corrected chi connectivity index (χ1v) is 6.30. The van der Waals surface area contributed by atoms with Gasteiger partial charge in [0.1, 0.15) is 0 Å². The molecule has 1 heterocycles. The van der Waals surface area contributed by atoms with Crippen LogP contribution in [-0.4, -0.2) is 39.4 Å². The van der Waals surface area contributed by atoms with E-state index in [0.717, 1.165) is 30.8 Å². The second kappa shape index (κ2) is 5.87. The number of carbonyl (C=O) groups excluding carboxylic acids is 1. The van der Waals surface area contributed by atoms with Gasteiger partial charge in [-0.15, -0.1) is 0 Å². The van der Waals surface area contributed by atoms with Crippen molar-refractivity contribution in [3.05, 3.63) is 29.3 Å². The molecule has 1 fully saturated rings. The quantitative estimate of drug-likeness (QED) is 0.767. The Morgan fingerprint density at radius 3 is 2.72 bits per heavy atom. The number of benzene rings is 1. The van der Waals surface area contributed by atoms with Crippen LogP contribution >= 0.6 is 0 Å². The van der Waals surface area contributed by atoms with Crippen LogP contribution in [0.1, 0.15) is 22.8 Å². The smallest absolute Gasteiger partial charge is 0.339 e. The van der Waals surface area contributed by atoms with E-state index in [1.54, 1.807) is 0 Å². The number of hydrogen-bond acceptors (Lipinski definition) is 4. The van der Waals surface area contributed by atoms with E-state index in [2.05, 4.69) is 17.9 Å². The van der Waals surface area contributed by atoms with E-state index in [1.165, 1.54) is 7.11 Å². The minimum atomic E-state index is -0.271. The predicted molar refractivity (Wildman–Crippen MR) is 70.2 cm³/mol. The highest BCUT2D eigenvalue weighted by atomic mass is 16.5. The lowest BCUT2D eigenvalue weighted by Gasteiger charge is -2.30. The molecule has 0 aromatic heterocycles. The number of morpholine rings is 1. The number of ether oxygens (including phenoxy) is 2. The van der Waals surface area contributed by atoms with Crippen molar-refractivity contribution in [3.8, 4) is 0 Å². The zero-order valence-electron chi connectivity index (χ0n) is 10.9. The molecule has 0 amide bonds. The molecule has 4 heteroatoms. The molecule has 18 heavy (non-hydrogen) atoms. The molecule has 1 aromatic carbocycles. The third-order valence-corrected chi connectivity index (χ3v) is 3.23. The molecule has 4 nitrogen and oxygen atoms in total. The van der Waals surface area contributed by atoms with Gasteiger partial charge in [0.2, 0.25) is 0 Å². The number of nitrogens with zero attached hydrogens (tertiary/aromatic N) is 1. The highest BCUT2D eigenvalue weighted by Gasteiger charge is 2.19. The standard InChI is InChI=1S/C14H19NO3/c1-3-11-4-5-13(12(10-11)14(16)17-2)15-6-8-18-9-7-15/h4-5,10H,3,6-9H2,1-2H3. The first kappa shape index (κ1) is 12.9. The Morgan fingerprint density at radius 2 is 2.11 bits per heavy atom. The van der Waals surface area contributed by atoms with Crippen molar-refractivity contribution >= 4 is 11.7 Å². The molecular formula is C14H19NO3. The first-order valence-electron chi connectivity index (χ1n) is 6.30. The van der Waals surface area contributed by atoms with Crippen molar-refractivity contribution in [2.45, 2.75) is 13.3 Å². The van der Waals surface area contributed by atoms with Gasteiger partial charge in [-0.2, -0.15) is 0 Å². The fourth-order valence-corrected chi connectivity index (χ4v) is 2.16. The van der Waals surface area contributed by atoms with Crippen LogP contribution in [0.3, 0.4) is 0 Å². The Bertz CT molecular complexity index is 425. The molecule has 0 N–H and O–H groups in total. The molecule has 1 aliphatic rings. The van der Waals surface area contributed by atoms with Gasteiger partial charge >= 0.3 is 5.97 Å². The summed E-state index contributed by atoms with van der Waals surface area (Å²) < 4.78 is 10.2. The van der Waals surface area contributed by atoms with Gasteiger partial charge in [-0.25, -0.2) is 4.79 Å². The molecule has 98 valence electrons. The van der Waals surface area contributed by atoms with Gasteiger partial charge in [-0.05, 0) is 24.1 Å². The van der Waals surface area contributed by atoms with Crippen molar-refractivity contribution in [1.29, 1.82) is 0 Å². The third kappa shape index (κ3) is 2.64. The molecule has 0 atom stereocenters. The maximum atomic E-state index is 11.9.